The lowest BCUT2D eigenvalue weighted by molar-refractivity contribution is -0.133. The Hall–Kier alpha value is -2.33. The van der Waals surface area contributed by atoms with Crippen molar-refractivity contribution in [1.82, 2.24) is 10.4 Å². The number of carbonyl (C=O) groups is 1. The van der Waals surface area contributed by atoms with Crippen molar-refractivity contribution in [2.24, 2.45) is 0 Å². The Morgan fingerprint density at radius 1 is 1.03 bits per heavy atom. The Morgan fingerprint density at radius 2 is 1.55 bits per heavy atom. The molecule has 2 aromatic rings. The number of rotatable bonds is 8. The summed E-state index contributed by atoms with van der Waals surface area (Å²) in [6, 6.07) is 13.6. The third-order valence-electron chi connectivity index (χ3n) is 6.20. The fourth-order valence-electron chi connectivity index (χ4n) is 4.23. The number of ether oxygens (including phenoxy) is 2. The molecule has 1 heterocycles. The standard InChI is InChI=1S/C23H28N2O6S.ClH/c1-2-30-18-5-7-19(8-6-18)31-20-9-11-21(12-10-20)32(28,29)23(22(26)24-27)13-15-25(16-14-23)17-3-4-17;/h5-12,17,27H,2-4,13-16H2,1H3,(H,24,26);1H. The molecular weight excluding hydrogens is 468 g/mol. The molecule has 2 fully saturated rings. The van der Waals surface area contributed by atoms with Crippen molar-refractivity contribution in [3.63, 3.8) is 0 Å². The highest BCUT2D eigenvalue weighted by atomic mass is 35.5. The molecule has 0 aromatic heterocycles. The predicted octanol–water partition coefficient (Wildman–Crippen LogP) is 3.58. The van der Waals surface area contributed by atoms with Crippen LogP contribution in [0.4, 0.5) is 0 Å². The zero-order valence-corrected chi connectivity index (χ0v) is 20.0. The first-order valence-electron chi connectivity index (χ1n) is 10.8. The Kier molecular flexibility index (Phi) is 7.89. The van der Waals surface area contributed by atoms with Crippen LogP contribution in [0.5, 0.6) is 17.2 Å². The molecule has 8 nitrogen and oxygen atoms in total. The van der Waals surface area contributed by atoms with Crippen LogP contribution in [0.25, 0.3) is 0 Å². The number of carbonyl (C=O) groups excluding carboxylic acids is 1. The lowest BCUT2D eigenvalue weighted by Gasteiger charge is -2.39. The molecular formula is C23H29ClN2O6S. The van der Waals surface area contributed by atoms with Gasteiger partial charge in [0.2, 0.25) is 0 Å². The quantitative estimate of drug-likeness (QED) is 0.425. The van der Waals surface area contributed by atoms with Crippen molar-refractivity contribution >= 4 is 28.2 Å². The van der Waals surface area contributed by atoms with Gasteiger partial charge < -0.3 is 14.4 Å². The topological polar surface area (TPSA) is 105 Å². The molecule has 2 aliphatic rings. The van der Waals surface area contributed by atoms with Gasteiger partial charge in [0.15, 0.2) is 14.6 Å². The highest BCUT2D eigenvalue weighted by Gasteiger charge is 2.53. The molecule has 2 aromatic carbocycles. The predicted molar refractivity (Wildman–Crippen MR) is 125 cm³/mol. The summed E-state index contributed by atoms with van der Waals surface area (Å²) in [5.74, 6) is 0.925. The summed E-state index contributed by atoms with van der Waals surface area (Å²) in [5, 5.41) is 9.30. The minimum absolute atomic E-state index is 0. The number of hydroxylamine groups is 1. The first kappa shape index (κ1) is 25.3. The number of halogens is 1. The third-order valence-corrected chi connectivity index (χ3v) is 8.72. The Morgan fingerprint density at radius 3 is 2.03 bits per heavy atom. The second-order valence-electron chi connectivity index (χ2n) is 8.18. The van der Waals surface area contributed by atoms with E-state index in [4.69, 9.17) is 9.47 Å². The van der Waals surface area contributed by atoms with E-state index in [1.807, 2.05) is 6.92 Å². The summed E-state index contributed by atoms with van der Waals surface area (Å²) in [4.78, 5) is 14.8. The number of amides is 1. The summed E-state index contributed by atoms with van der Waals surface area (Å²) >= 11 is 0. The van der Waals surface area contributed by atoms with Crippen molar-refractivity contribution in [2.45, 2.75) is 48.3 Å². The van der Waals surface area contributed by atoms with E-state index in [1.165, 1.54) is 12.1 Å². The maximum atomic E-state index is 13.5. The van der Waals surface area contributed by atoms with Crippen LogP contribution in [-0.2, 0) is 14.6 Å². The number of nitrogens with zero attached hydrogens (tertiary/aromatic N) is 1. The van der Waals surface area contributed by atoms with Crippen LogP contribution in [0.1, 0.15) is 32.6 Å². The van der Waals surface area contributed by atoms with Gasteiger partial charge in [0.1, 0.15) is 17.2 Å². The number of nitrogens with one attached hydrogen (secondary N) is 1. The highest BCUT2D eigenvalue weighted by Crippen LogP contribution is 2.39. The average Bonchev–Trinajstić information content (AvgIpc) is 3.66. The van der Waals surface area contributed by atoms with Crippen LogP contribution in [-0.4, -0.2) is 54.9 Å². The summed E-state index contributed by atoms with van der Waals surface area (Å²) in [5.41, 5.74) is 1.60. The van der Waals surface area contributed by atoms with E-state index in [-0.39, 0.29) is 30.1 Å². The second-order valence-corrected chi connectivity index (χ2v) is 10.4. The summed E-state index contributed by atoms with van der Waals surface area (Å²) in [6.45, 7) is 3.50. The van der Waals surface area contributed by atoms with Crippen LogP contribution in [0.15, 0.2) is 53.4 Å². The fourth-order valence-corrected chi connectivity index (χ4v) is 6.18. The molecule has 1 saturated carbocycles. The second kappa shape index (κ2) is 10.3. The molecule has 0 spiro atoms. The number of benzene rings is 2. The molecule has 2 N–H and O–H groups in total. The molecule has 33 heavy (non-hydrogen) atoms. The van der Waals surface area contributed by atoms with Gasteiger partial charge in [-0.05, 0) is 81.1 Å². The zero-order chi connectivity index (χ0) is 22.8. The molecule has 10 heteroatoms. The van der Waals surface area contributed by atoms with Crippen LogP contribution in [0.2, 0.25) is 0 Å². The minimum atomic E-state index is -4.04. The molecule has 1 aliphatic carbocycles. The van der Waals surface area contributed by atoms with Gasteiger partial charge in [-0.3, -0.25) is 10.0 Å². The Labute approximate surface area is 200 Å². The third kappa shape index (κ3) is 5.11. The van der Waals surface area contributed by atoms with Gasteiger partial charge in [0.05, 0.1) is 11.5 Å². The highest BCUT2D eigenvalue weighted by molar-refractivity contribution is 7.93. The SMILES string of the molecule is CCOc1ccc(Oc2ccc(S(=O)(=O)C3(C(=O)NO)CCN(C4CC4)CC3)cc2)cc1.Cl. The lowest BCUT2D eigenvalue weighted by Crippen LogP contribution is -2.58. The molecule has 0 bridgehead atoms. The number of likely N-dealkylation sites (tertiary alicyclic amines) is 1. The molecule has 180 valence electrons. The van der Waals surface area contributed by atoms with Gasteiger partial charge in [-0.15, -0.1) is 12.4 Å². The molecule has 0 unspecified atom stereocenters. The zero-order valence-electron chi connectivity index (χ0n) is 18.4. The molecule has 1 saturated heterocycles. The van der Waals surface area contributed by atoms with Gasteiger partial charge >= 0.3 is 0 Å². The molecule has 0 radical (unpaired) electrons. The van der Waals surface area contributed by atoms with Crippen LogP contribution < -0.4 is 15.0 Å². The molecule has 4 rings (SSSR count). The number of sulfone groups is 1. The Balaban J connectivity index is 0.00000306. The minimum Gasteiger partial charge on any atom is -0.494 e. The maximum Gasteiger partial charge on any atom is 0.265 e. The largest absolute Gasteiger partial charge is 0.494 e. The van der Waals surface area contributed by atoms with Crippen LogP contribution >= 0.6 is 12.4 Å². The fraction of sp³-hybridized carbons (Fsp3) is 0.435. The summed E-state index contributed by atoms with van der Waals surface area (Å²) in [6.07, 6.45) is 2.51. The van der Waals surface area contributed by atoms with Crippen LogP contribution in [0, 0.1) is 0 Å². The van der Waals surface area contributed by atoms with Crippen molar-refractivity contribution in [3.8, 4) is 17.2 Å². The van der Waals surface area contributed by atoms with Gasteiger partial charge in [-0.1, -0.05) is 0 Å². The summed E-state index contributed by atoms with van der Waals surface area (Å²) < 4.78 is 36.6. The summed E-state index contributed by atoms with van der Waals surface area (Å²) in [7, 11) is -4.04. The van der Waals surface area contributed by atoms with Gasteiger partial charge in [-0.2, -0.15) is 0 Å². The van der Waals surface area contributed by atoms with Crippen LogP contribution in [0.3, 0.4) is 0 Å². The van der Waals surface area contributed by atoms with E-state index >= 15 is 0 Å². The number of piperidine rings is 1. The van der Waals surface area contributed by atoms with E-state index in [2.05, 4.69) is 4.90 Å². The normalized spacial score (nSPS) is 18.1. The first-order valence-corrected chi connectivity index (χ1v) is 12.3. The van der Waals surface area contributed by atoms with Gasteiger partial charge in [-0.25, -0.2) is 13.9 Å². The number of hydrogen-bond acceptors (Lipinski definition) is 7. The van der Waals surface area contributed by atoms with Gasteiger partial charge in [0, 0.05) is 19.1 Å². The van der Waals surface area contributed by atoms with E-state index in [0.717, 1.165) is 18.6 Å². The maximum absolute atomic E-state index is 13.5. The smallest absolute Gasteiger partial charge is 0.265 e. The molecule has 0 atom stereocenters. The van der Waals surface area contributed by atoms with Crippen molar-refractivity contribution in [2.75, 3.05) is 19.7 Å². The average molecular weight is 497 g/mol. The van der Waals surface area contributed by atoms with Crippen molar-refractivity contribution < 1.29 is 27.9 Å². The lowest BCUT2D eigenvalue weighted by atomic mass is 9.94. The van der Waals surface area contributed by atoms with E-state index < -0.39 is 20.5 Å². The van der Waals surface area contributed by atoms with E-state index in [1.54, 1.807) is 41.9 Å². The first-order chi connectivity index (χ1) is 15.4. The monoisotopic (exact) mass is 496 g/mol. The molecule has 1 aliphatic heterocycles. The van der Waals surface area contributed by atoms with Crippen molar-refractivity contribution in [3.05, 3.63) is 48.5 Å². The van der Waals surface area contributed by atoms with E-state index in [9.17, 15) is 18.4 Å². The van der Waals surface area contributed by atoms with E-state index in [0.29, 0.717) is 37.2 Å². The Bertz CT molecular complexity index is 1050. The van der Waals surface area contributed by atoms with Crippen molar-refractivity contribution in [1.29, 1.82) is 0 Å². The van der Waals surface area contributed by atoms with Gasteiger partial charge in [0.25, 0.3) is 5.91 Å². The number of hydrogen-bond donors (Lipinski definition) is 2. The molecule has 1 amide bonds.